The number of nitrogens with zero attached hydrogens (tertiary/aromatic N) is 2. The van der Waals surface area contributed by atoms with E-state index in [9.17, 15) is 0 Å². The highest BCUT2D eigenvalue weighted by Gasteiger charge is 2.21. The number of hydrogen-bond donors (Lipinski definition) is 0. The van der Waals surface area contributed by atoms with Gasteiger partial charge in [0.2, 0.25) is 0 Å². The molecule has 0 saturated carbocycles. The van der Waals surface area contributed by atoms with E-state index in [1.54, 1.807) is 0 Å². The Balaban J connectivity index is 1.48. The second kappa shape index (κ2) is 8.04. The van der Waals surface area contributed by atoms with Crippen molar-refractivity contribution in [3.05, 3.63) is 128 Å². The van der Waals surface area contributed by atoms with E-state index >= 15 is 0 Å². The largest absolute Gasteiger partial charge is 0.309 e. The number of hydrogen-bond acceptors (Lipinski definition) is 2. The van der Waals surface area contributed by atoms with E-state index in [-0.39, 0.29) is 0 Å². The Morgan fingerprint density at radius 1 is 0.615 bits per heavy atom. The minimum Gasteiger partial charge on any atom is -0.309 e. The number of fused-ring (bicyclic) bond motifs is 9. The first-order chi connectivity index (χ1) is 19.3. The van der Waals surface area contributed by atoms with Gasteiger partial charge >= 0.3 is 0 Å². The predicted molar refractivity (Wildman–Crippen MR) is 171 cm³/mol. The van der Waals surface area contributed by atoms with Crippen molar-refractivity contribution < 1.29 is 0 Å². The Hall–Kier alpha value is -4.43. The SMILES string of the molecule is c1ccc(-p2c3cc4c(cc3c3c5ccccc5sc32)c2ccccc2n4-c2ccc3ncccc3c2)cc1. The van der Waals surface area contributed by atoms with Crippen LogP contribution in [0.3, 0.4) is 0 Å². The van der Waals surface area contributed by atoms with E-state index < -0.39 is 7.53 Å². The van der Waals surface area contributed by atoms with Gasteiger partial charge in [-0.2, -0.15) is 0 Å². The molecule has 0 aliphatic carbocycles. The van der Waals surface area contributed by atoms with Gasteiger partial charge in [0.1, 0.15) is 0 Å². The fraction of sp³-hybridized carbons (Fsp3) is 0. The van der Waals surface area contributed by atoms with Crippen molar-refractivity contribution in [2.45, 2.75) is 0 Å². The molecule has 1 atom stereocenters. The third-order valence-electron chi connectivity index (χ3n) is 7.94. The molecule has 0 spiro atoms. The summed E-state index contributed by atoms with van der Waals surface area (Å²) in [5, 5.41) is 10.8. The van der Waals surface area contributed by atoms with E-state index in [1.807, 2.05) is 23.6 Å². The zero-order valence-electron chi connectivity index (χ0n) is 20.9. The lowest BCUT2D eigenvalue weighted by Crippen LogP contribution is -1.94. The van der Waals surface area contributed by atoms with Gasteiger partial charge < -0.3 is 4.57 Å². The van der Waals surface area contributed by atoms with E-state index in [0.29, 0.717) is 0 Å². The number of aromatic nitrogens is 2. The second-order valence-electron chi connectivity index (χ2n) is 10.1. The Kier molecular flexibility index (Phi) is 4.43. The molecule has 9 aromatic rings. The molecule has 0 amide bonds. The fourth-order valence-corrected chi connectivity index (χ4v) is 10.8. The maximum absolute atomic E-state index is 4.56. The van der Waals surface area contributed by atoms with Gasteiger partial charge in [-0.15, -0.1) is 11.3 Å². The summed E-state index contributed by atoms with van der Waals surface area (Å²) in [7, 11) is -0.636. The zero-order valence-corrected chi connectivity index (χ0v) is 22.6. The first-order valence-electron chi connectivity index (χ1n) is 13.1. The maximum Gasteiger partial charge on any atom is 0.0703 e. The highest BCUT2D eigenvalue weighted by atomic mass is 32.1. The molecule has 0 aliphatic heterocycles. The van der Waals surface area contributed by atoms with Crippen molar-refractivity contribution >= 4 is 82.0 Å². The normalized spacial score (nSPS) is 12.6. The van der Waals surface area contributed by atoms with Crippen molar-refractivity contribution in [2.75, 3.05) is 0 Å². The third-order valence-corrected chi connectivity index (χ3v) is 12.0. The lowest BCUT2D eigenvalue weighted by molar-refractivity contribution is 1.19. The van der Waals surface area contributed by atoms with E-state index in [0.717, 1.165) is 10.9 Å². The highest BCUT2D eigenvalue weighted by Crippen LogP contribution is 2.60. The third kappa shape index (κ3) is 3.00. The fourth-order valence-electron chi connectivity index (χ4n) is 6.26. The predicted octanol–water partition coefficient (Wildman–Crippen LogP) is 10.8. The lowest BCUT2D eigenvalue weighted by Gasteiger charge is -2.10. The molecule has 2 nitrogen and oxygen atoms in total. The number of rotatable bonds is 2. The molecule has 1 unspecified atom stereocenters. The van der Waals surface area contributed by atoms with Crippen LogP contribution in [0.15, 0.2) is 128 Å². The Bertz CT molecular complexity index is 2390. The van der Waals surface area contributed by atoms with Crippen LogP contribution in [0, 0.1) is 0 Å². The highest BCUT2D eigenvalue weighted by molar-refractivity contribution is 7.73. The number of benzene rings is 5. The summed E-state index contributed by atoms with van der Waals surface area (Å²) in [4.78, 5) is 4.56. The van der Waals surface area contributed by atoms with Gasteiger partial charge in [0.25, 0.3) is 0 Å². The maximum atomic E-state index is 4.56. The average molecular weight is 533 g/mol. The summed E-state index contributed by atoms with van der Waals surface area (Å²) in [5.41, 5.74) is 4.69. The van der Waals surface area contributed by atoms with Crippen LogP contribution in [0.1, 0.15) is 0 Å². The van der Waals surface area contributed by atoms with Crippen LogP contribution in [-0.2, 0) is 0 Å². The van der Waals surface area contributed by atoms with Crippen LogP contribution >= 0.6 is 18.9 Å². The average Bonchev–Trinajstić information content (AvgIpc) is 3.62. The molecule has 0 aliphatic rings. The quantitative estimate of drug-likeness (QED) is 0.216. The minimum absolute atomic E-state index is 0.636. The van der Waals surface area contributed by atoms with Gasteiger partial charge in [0.15, 0.2) is 0 Å². The zero-order chi connectivity index (χ0) is 25.5. The van der Waals surface area contributed by atoms with Gasteiger partial charge in [-0.25, -0.2) is 0 Å². The number of para-hydroxylation sites is 1. The van der Waals surface area contributed by atoms with Crippen LogP contribution in [0.5, 0.6) is 0 Å². The molecule has 39 heavy (non-hydrogen) atoms. The molecule has 4 heteroatoms. The Morgan fingerprint density at radius 2 is 1.44 bits per heavy atom. The molecule has 5 aromatic carbocycles. The van der Waals surface area contributed by atoms with Gasteiger partial charge in [0, 0.05) is 48.6 Å². The van der Waals surface area contributed by atoms with Gasteiger partial charge in [-0.1, -0.05) is 80.3 Å². The summed E-state index contributed by atoms with van der Waals surface area (Å²) < 4.78 is 5.34. The molecule has 4 aromatic heterocycles. The van der Waals surface area contributed by atoms with Crippen LogP contribution < -0.4 is 0 Å². The first kappa shape index (κ1) is 21.5. The van der Waals surface area contributed by atoms with Gasteiger partial charge in [-0.05, 0) is 59.2 Å². The summed E-state index contributed by atoms with van der Waals surface area (Å²) in [5.74, 6) is 0. The van der Waals surface area contributed by atoms with E-state index in [1.165, 1.54) is 63.2 Å². The molecule has 0 saturated heterocycles. The van der Waals surface area contributed by atoms with Crippen LogP contribution in [0.2, 0.25) is 0 Å². The molecule has 4 heterocycles. The summed E-state index contributed by atoms with van der Waals surface area (Å²) in [6.07, 6.45) is 1.86. The Labute approximate surface area is 229 Å². The van der Waals surface area contributed by atoms with Crippen LogP contribution in [-0.4, -0.2) is 9.55 Å². The molecular weight excluding hydrogens is 511 g/mol. The van der Waals surface area contributed by atoms with Crippen molar-refractivity contribution in [3.8, 4) is 11.0 Å². The first-order valence-corrected chi connectivity index (χ1v) is 15.3. The molecule has 182 valence electrons. The Morgan fingerprint density at radius 3 is 2.36 bits per heavy atom. The standard InChI is InChI=1S/C35H21N2PS/c1-2-10-24(11-3-1)38-32-21-31-27(20-28(32)34-26-13-5-7-15-33(26)39-35(34)38)25-12-4-6-14-30(25)37(31)23-16-17-29-22(19-23)9-8-18-36-29/h1-21H. The lowest BCUT2D eigenvalue weighted by atomic mass is 10.1. The molecule has 0 radical (unpaired) electrons. The molecule has 0 N–H and O–H groups in total. The molecular formula is C35H21N2PS. The summed E-state index contributed by atoms with van der Waals surface area (Å²) in [6.45, 7) is 0. The molecule has 0 fully saturated rings. The van der Waals surface area contributed by atoms with Crippen molar-refractivity contribution in [2.24, 2.45) is 0 Å². The van der Waals surface area contributed by atoms with E-state index in [4.69, 9.17) is 0 Å². The van der Waals surface area contributed by atoms with Crippen LogP contribution in [0.25, 0.3) is 74.1 Å². The number of pyridine rings is 1. The topological polar surface area (TPSA) is 17.8 Å². The van der Waals surface area contributed by atoms with Crippen LogP contribution in [0.4, 0.5) is 0 Å². The van der Waals surface area contributed by atoms with Gasteiger partial charge in [0.05, 0.1) is 21.0 Å². The monoisotopic (exact) mass is 532 g/mol. The second-order valence-corrected chi connectivity index (χ2v) is 13.5. The number of thiophene rings is 1. The van der Waals surface area contributed by atoms with E-state index in [2.05, 4.69) is 125 Å². The minimum atomic E-state index is -0.636. The van der Waals surface area contributed by atoms with Crippen molar-refractivity contribution in [3.63, 3.8) is 0 Å². The summed E-state index contributed by atoms with van der Waals surface area (Å²) >= 11 is 1.98. The smallest absolute Gasteiger partial charge is 0.0703 e. The van der Waals surface area contributed by atoms with Gasteiger partial charge in [-0.3, -0.25) is 4.98 Å². The van der Waals surface area contributed by atoms with Crippen molar-refractivity contribution in [1.82, 2.24) is 9.55 Å². The summed E-state index contributed by atoms with van der Waals surface area (Å²) in [6, 6.07) is 44.6. The molecule has 0 bridgehead atoms. The van der Waals surface area contributed by atoms with Crippen molar-refractivity contribution in [1.29, 1.82) is 0 Å². The molecule has 9 rings (SSSR count).